The molecule has 0 bridgehead atoms. The molecule has 0 radical (unpaired) electrons. The topological polar surface area (TPSA) is 62.7 Å². The lowest BCUT2D eigenvalue weighted by Crippen LogP contribution is -2.28. The highest BCUT2D eigenvalue weighted by molar-refractivity contribution is 7.99. The van der Waals surface area contributed by atoms with Crippen molar-refractivity contribution in [3.05, 3.63) is 112 Å². The Labute approximate surface area is 295 Å². The van der Waals surface area contributed by atoms with Crippen LogP contribution in [0.25, 0.3) is 23.1 Å². The van der Waals surface area contributed by atoms with Crippen LogP contribution >= 0.6 is 23.4 Å². The minimum atomic E-state index is -0.907. The molecule has 1 aromatic heterocycles. The van der Waals surface area contributed by atoms with Gasteiger partial charge in [-0.05, 0) is 105 Å². The Balaban J connectivity index is 1.31. The van der Waals surface area contributed by atoms with Crippen LogP contribution in [0.2, 0.25) is 5.02 Å². The Morgan fingerprint density at radius 1 is 1.04 bits per heavy atom. The Morgan fingerprint density at radius 3 is 2.56 bits per heavy atom. The number of ether oxygens (including phenoxy) is 1. The van der Waals surface area contributed by atoms with Gasteiger partial charge in [-0.1, -0.05) is 92.2 Å². The maximum atomic E-state index is 12.8. The number of benzene rings is 3. The number of carbonyl (C=O) groups is 1. The van der Waals surface area contributed by atoms with Crippen LogP contribution in [0.3, 0.4) is 0 Å². The molecule has 3 aromatic carbocycles. The number of likely N-dealkylation sites (N-methyl/N-ethyl adjacent to an activating group) is 1. The summed E-state index contributed by atoms with van der Waals surface area (Å²) in [6, 6.07) is 26.8. The van der Waals surface area contributed by atoms with Crippen molar-refractivity contribution in [1.29, 1.82) is 0 Å². The molecule has 0 saturated heterocycles. The molecule has 254 valence electrons. The van der Waals surface area contributed by atoms with Gasteiger partial charge in [0.15, 0.2) is 0 Å². The zero-order chi connectivity index (χ0) is 34.1. The molecule has 1 atom stereocenters. The summed E-state index contributed by atoms with van der Waals surface area (Å²) in [5, 5.41) is 12.8. The number of pyridine rings is 1. The maximum absolute atomic E-state index is 12.8. The van der Waals surface area contributed by atoms with Crippen molar-refractivity contribution in [2.75, 3.05) is 32.0 Å². The molecule has 1 aliphatic rings. The zero-order valence-electron chi connectivity index (χ0n) is 28.8. The van der Waals surface area contributed by atoms with Gasteiger partial charge in [0.05, 0.1) is 23.2 Å². The Hall–Kier alpha value is -3.16. The number of fused-ring (bicyclic) bond motifs is 1. The fourth-order valence-corrected chi connectivity index (χ4v) is 7.96. The van der Waals surface area contributed by atoms with Gasteiger partial charge in [0.2, 0.25) is 0 Å². The monoisotopic (exact) mass is 684 g/mol. The van der Waals surface area contributed by atoms with Crippen LogP contribution in [-0.2, 0) is 21.6 Å². The fourth-order valence-electron chi connectivity index (χ4n) is 6.22. The highest BCUT2D eigenvalue weighted by Crippen LogP contribution is 2.53. The molecular formula is C41H49ClN2O3S. The number of rotatable bonds is 17. The molecule has 48 heavy (non-hydrogen) atoms. The van der Waals surface area contributed by atoms with Gasteiger partial charge in [-0.3, -0.25) is 4.79 Å². The third-order valence-electron chi connectivity index (χ3n) is 9.39. The van der Waals surface area contributed by atoms with E-state index < -0.39 is 5.60 Å². The van der Waals surface area contributed by atoms with Gasteiger partial charge in [-0.15, -0.1) is 0 Å². The van der Waals surface area contributed by atoms with E-state index in [1.165, 1.54) is 11.1 Å². The second-order valence-electron chi connectivity index (χ2n) is 13.6. The normalized spacial score (nSPS) is 14.9. The van der Waals surface area contributed by atoms with Crippen molar-refractivity contribution in [3.63, 3.8) is 0 Å². The largest absolute Gasteiger partial charge is 0.464 e. The summed E-state index contributed by atoms with van der Waals surface area (Å²) in [6.45, 7) is 11.1. The molecule has 1 fully saturated rings. The van der Waals surface area contributed by atoms with E-state index in [1.54, 1.807) is 0 Å². The van der Waals surface area contributed by atoms with Crippen molar-refractivity contribution < 1.29 is 14.6 Å². The smallest absolute Gasteiger partial charge is 0.306 e. The number of carbonyl (C=O) groups excluding carboxylic acids is 1. The minimum Gasteiger partial charge on any atom is -0.464 e. The second-order valence-corrected chi connectivity index (χ2v) is 15.2. The van der Waals surface area contributed by atoms with E-state index in [9.17, 15) is 9.90 Å². The predicted molar refractivity (Wildman–Crippen MR) is 202 cm³/mol. The number of hydrogen-bond donors (Lipinski definition) is 1. The molecule has 0 spiro atoms. The maximum Gasteiger partial charge on any atom is 0.306 e. The zero-order valence-corrected chi connectivity index (χ0v) is 30.3. The summed E-state index contributed by atoms with van der Waals surface area (Å²) < 4.78 is 5.67. The lowest BCUT2D eigenvalue weighted by Gasteiger charge is -2.24. The van der Waals surface area contributed by atoms with Gasteiger partial charge >= 0.3 is 5.97 Å². The van der Waals surface area contributed by atoms with Gasteiger partial charge in [-0.25, -0.2) is 4.98 Å². The van der Waals surface area contributed by atoms with Crippen molar-refractivity contribution in [1.82, 2.24) is 9.88 Å². The van der Waals surface area contributed by atoms with E-state index in [4.69, 9.17) is 21.3 Å². The minimum absolute atomic E-state index is 0.0162. The molecule has 7 heteroatoms. The summed E-state index contributed by atoms with van der Waals surface area (Å²) >= 11 is 8.17. The first-order chi connectivity index (χ1) is 23.1. The highest BCUT2D eigenvalue weighted by Gasteiger charge is 2.45. The van der Waals surface area contributed by atoms with Gasteiger partial charge in [0.25, 0.3) is 0 Å². The van der Waals surface area contributed by atoms with Crippen LogP contribution in [0.5, 0.6) is 0 Å². The van der Waals surface area contributed by atoms with E-state index in [2.05, 4.69) is 67.3 Å². The standard InChI is InChI=1S/C41H49ClN2O3S/c1-5-44(6-2)24-25-47-39(45)28-41(22-23-41)29-48-38(21-17-31-11-7-8-13-36(31)40(3,4)46)33-12-9-10-30(26-33)14-19-35-20-16-32-15-18-34(42)27-37(32)43-35/h7-16,18-20,26-27,38,46H,5-6,17,21-25,28-29H2,1-4H3/b19-14+/t38-/m1/s1. The lowest BCUT2D eigenvalue weighted by atomic mass is 9.90. The van der Waals surface area contributed by atoms with Crippen LogP contribution < -0.4 is 0 Å². The molecule has 0 unspecified atom stereocenters. The molecule has 1 heterocycles. The van der Waals surface area contributed by atoms with Crippen molar-refractivity contribution >= 4 is 52.4 Å². The Kier molecular flexibility index (Phi) is 12.4. The Bertz CT molecular complexity index is 1710. The van der Waals surface area contributed by atoms with Gasteiger partial charge in [0, 0.05) is 28.0 Å². The van der Waals surface area contributed by atoms with Crippen molar-refractivity contribution in [3.8, 4) is 0 Å². The number of halogens is 1. The predicted octanol–water partition coefficient (Wildman–Crippen LogP) is 9.75. The number of aryl methyl sites for hydroxylation is 1. The van der Waals surface area contributed by atoms with Gasteiger partial charge in [0.1, 0.15) is 6.61 Å². The van der Waals surface area contributed by atoms with E-state index >= 15 is 0 Å². The van der Waals surface area contributed by atoms with Crippen LogP contribution in [0.1, 0.15) is 86.6 Å². The summed E-state index contributed by atoms with van der Waals surface area (Å²) in [5.74, 6) is 0.840. The summed E-state index contributed by atoms with van der Waals surface area (Å²) in [7, 11) is 0. The van der Waals surface area contributed by atoms with E-state index in [0.717, 1.165) is 78.8 Å². The average Bonchev–Trinajstić information content (AvgIpc) is 3.84. The van der Waals surface area contributed by atoms with Gasteiger partial charge in [-0.2, -0.15) is 11.8 Å². The third kappa shape index (κ3) is 10.2. The molecule has 0 aliphatic heterocycles. The molecule has 1 saturated carbocycles. The summed E-state index contributed by atoms with van der Waals surface area (Å²) in [5.41, 5.74) is 5.39. The van der Waals surface area contributed by atoms with E-state index in [0.29, 0.717) is 18.1 Å². The quantitative estimate of drug-likeness (QED) is 0.112. The molecular weight excluding hydrogens is 636 g/mol. The number of hydrogen-bond acceptors (Lipinski definition) is 6. The molecule has 5 rings (SSSR count). The third-order valence-corrected chi connectivity index (χ3v) is 11.3. The summed E-state index contributed by atoms with van der Waals surface area (Å²) in [4.78, 5) is 19.9. The van der Waals surface area contributed by atoms with Crippen LogP contribution in [0.4, 0.5) is 0 Å². The number of esters is 1. The Morgan fingerprint density at radius 2 is 1.81 bits per heavy atom. The first kappa shape index (κ1) is 36.1. The molecule has 5 nitrogen and oxygen atoms in total. The van der Waals surface area contributed by atoms with Crippen LogP contribution in [0.15, 0.2) is 78.9 Å². The number of nitrogens with zero attached hydrogens (tertiary/aromatic N) is 2. The van der Waals surface area contributed by atoms with Gasteiger partial charge < -0.3 is 14.7 Å². The molecule has 1 N–H and O–H groups in total. The SMILES string of the molecule is CCN(CC)CCOC(=O)CC1(CS[C@H](CCc2ccccc2C(C)(C)O)c2cccc(/C=C/c3ccc4ccc(Cl)cc4n3)c2)CC1. The first-order valence-electron chi connectivity index (χ1n) is 17.2. The lowest BCUT2D eigenvalue weighted by molar-refractivity contribution is -0.145. The first-order valence-corrected chi connectivity index (χ1v) is 18.6. The number of aromatic nitrogens is 1. The van der Waals surface area contributed by atoms with Crippen molar-refractivity contribution in [2.45, 2.75) is 70.7 Å². The molecule has 1 aliphatic carbocycles. The van der Waals surface area contributed by atoms with Crippen LogP contribution in [-0.4, -0.2) is 53.0 Å². The average molecular weight is 685 g/mol. The fraction of sp³-hybridized carbons (Fsp3) is 0.415. The number of aliphatic hydroxyl groups is 1. The molecule has 0 amide bonds. The van der Waals surface area contributed by atoms with E-state index in [-0.39, 0.29) is 16.6 Å². The van der Waals surface area contributed by atoms with Crippen molar-refractivity contribution in [2.24, 2.45) is 5.41 Å². The second kappa shape index (κ2) is 16.5. The molecule has 4 aromatic rings. The van der Waals surface area contributed by atoms with E-state index in [1.807, 2.05) is 68.1 Å². The van der Waals surface area contributed by atoms with Crippen LogP contribution in [0, 0.1) is 5.41 Å². The number of thioether (sulfide) groups is 1. The summed E-state index contributed by atoms with van der Waals surface area (Å²) in [6.07, 6.45) is 8.54. The highest BCUT2D eigenvalue weighted by atomic mass is 35.5.